The van der Waals surface area contributed by atoms with Crippen LogP contribution < -0.4 is 5.32 Å². The Labute approximate surface area is 129 Å². The smallest absolute Gasteiger partial charge is 0.247 e. The molecule has 1 aromatic carbocycles. The van der Waals surface area contributed by atoms with Crippen LogP contribution in [0.4, 0.5) is 0 Å². The van der Waals surface area contributed by atoms with Crippen molar-refractivity contribution in [2.75, 3.05) is 12.8 Å². The minimum atomic E-state index is -0.112. The fourth-order valence-electron chi connectivity index (χ4n) is 3.01. The summed E-state index contributed by atoms with van der Waals surface area (Å²) in [5, 5.41) is 7.75. The number of nitrogens with zero attached hydrogens (tertiary/aromatic N) is 2. The third kappa shape index (κ3) is 2.85. The molecule has 0 aliphatic carbocycles. The third-order valence-corrected chi connectivity index (χ3v) is 4.85. The molecule has 0 spiro atoms. The van der Waals surface area contributed by atoms with Crippen molar-refractivity contribution in [3.63, 3.8) is 0 Å². The Balaban J connectivity index is 1.87. The van der Waals surface area contributed by atoms with Crippen LogP contribution in [-0.2, 0) is 5.54 Å². The highest BCUT2D eigenvalue weighted by Crippen LogP contribution is 2.35. The Morgan fingerprint density at radius 1 is 1.33 bits per heavy atom. The highest BCUT2D eigenvalue weighted by molar-refractivity contribution is 7.98. The van der Waals surface area contributed by atoms with E-state index in [1.54, 1.807) is 11.8 Å². The largest absolute Gasteiger partial charge is 0.337 e. The van der Waals surface area contributed by atoms with Gasteiger partial charge in [-0.05, 0) is 56.3 Å². The van der Waals surface area contributed by atoms with Crippen molar-refractivity contribution in [2.45, 2.75) is 43.0 Å². The lowest BCUT2D eigenvalue weighted by molar-refractivity contribution is 0.241. The maximum Gasteiger partial charge on any atom is 0.247 e. The highest BCUT2D eigenvalue weighted by Gasteiger charge is 2.39. The first kappa shape index (κ1) is 14.6. The number of aromatic nitrogens is 2. The van der Waals surface area contributed by atoms with Gasteiger partial charge in [-0.2, -0.15) is 4.98 Å². The number of nitrogens with one attached hydrogen (secondary N) is 1. The second kappa shape index (κ2) is 6.20. The minimum absolute atomic E-state index is 0.112. The molecule has 3 rings (SSSR count). The number of hydrogen-bond acceptors (Lipinski definition) is 5. The van der Waals surface area contributed by atoms with Gasteiger partial charge in [0, 0.05) is 10.5 Å². The monoisotopic (exact) mass is 303 g/mol. The van der Waals surface area contributed by atoms with Crippen molar-refractivity contribution in [2.24, 2.45) is 0 Å². The number of hydrogen-bond donors (Lipinski definition) is 1. The molecule has 1 unspecified atom stereocenters. The second-order valence-corrected chi connectivity index (χ2v) is 6.39. The Hall–Kier alpha value is -1.33. The molecule has 21 heavy (non-hydrogen) atoms. The molecule has 1 fully saturated rings. The molecule has 5 heteroatoms. The van der Waals surface area contributed by atoms with Gasteiger partial charge < -0.3 is 9.84 Å². The van der Waals surface area contributed by atoms with Gasteiger partial charge in [0.25, 0.3) is 0 Å². The number of thioether (sulfide) groups is 1. The zero-order valence-electron chi connectivity index (χ0n) is 12.6. The van der Waals surface area contributed by atoms with Gasteiger partial charge in [0.1, 0.15) is 0 Å². The van der Waals surface area contributed by atoms with E-state index in [4.69, 9.17) is 4.52 Å². The Morgan fingerprint density at radius 2 is 2.14 bits per heavy atom. The first-order valence-electron chi connectivity index (χ1n) is 7.51. The normalized spacial score (nSPS) is 21.8. The average molecular weight is 303 g/mol. The molecule has 1 saturated heterocycles. The van der Waals surface area contributed by atoms with E-state index in [0.717, 1.165) is 37.3 Å². The number of benzene rings is 1. The van der Waals surface area contributed by atoms with Crippen LogP contribution in [0, 0.1) is 0 Å². The van der Waals surface area contributed by atoms with Gasteiger partial charge in [-0.1, -0.05) is 18.5 Å². The van der Waals surface area contributed by atoms with Crippen LogP contribution in [0.5, 0.6) is 0 Å². The summed E-state index contributed by atoms with van der Waals surface area (Å²) >= 11 is 1.73. The highest BCUT2D eigenvalue weighted by atomic mass is 32.2. The summed E-state index contributed by atoms with van der Waals surface area (Å²) in [5.74, 6) is 1.42. The van der Waals surface area contributed by atoms with Gasteiger partial charge in [0.15, 0.2) is 0 Å². The van der Waals surface area contributed by atoms with E-state index in [9.17, 15) is 0 Å². The first-order valence-corrected chi connectivity index (χ1v) is 8.73. The van der Waals surface area contributed by atoms with Crippen LogP contribution in [0.25, 0.3) is 11.4 Å². The van der Waals surface area contributed by atoms with E-state index in [1.165, 1.54) is 11.3 Å². The molecular formula is C16H21N3OS. The summed E-state index contributed by atoms with van der Waals surface area (Å²) in [6.07, 6.45) is 6.46. The van der Waals surface area contributed by atoms with E-state index >= 15 is 0 Å². The Bertz CT molecular complexity index is 588. The quantitative estimate of drug-likeness (QED) is 0.851. The molecule has 1 N–H and O–H groups in total. The van der Waals surface area contributed by atoms with E-state index in [-0.39, 0.29) is 5.54 Å². The third-order valence-electron chi connectivity index (χ3n) is 4.10. The van der Waals surface area contributed by atoms with Crippen molar-refractivity contribution in [1.29, 1.82) is 0 Å². The van der Waals surface area contributed by atoms with Crippen LogP contribution in [-0.4, -0.2) is 22.9 Å². The maximum absolute atomic E-state index is 5.59. The predicted molar refractivity (Wildman–Crippen MR) is 85.3 cm³/mol. The lowest BCUT2D eigenvalue weighted by Gasteiger charge is -2.24. The molecule has 0 saturated carbocycles. The molecule has 4 nitrogen and oxygen atoms in total. The van der Waals surface area contributed by atoms with Crippen molar-refractivity contribution in [3.8, 4) is 11.4 Å². The van der Waals surface area contributed by atoms with Crippen molar-refractivity contribution < 1.29 is 4.52 Å². The summed E-state index contributed by atoms with van der Waals surface area (Å²) < 4.78 is 5.59. The molecule has 1 aromatic heterocycles. The van der Waals surface area contributed by atoms with Crippen molar-refractivity contribution >= 4 is 11.8 Å². The van der Waals surface area contributed by atoms with E-state index in [1.807, 2.05) is 0 Å². The molecule has 2 aromatic rings. The zero-order chi connectivity index (χ0) is 14.7. The van der Waals surface area contributed by atoms with E-state index < -0.39 is 0 Å². The standard InChI is InChI=1S/C16H21N3OS/c1-3-9-16(10-4-11-17-16)15-18-14(19-20-15)12-5-7-13(21-2)8-6-12/h5-8,17H,3-4,9-11H2,1-2H3. The predicted octanol–water partition coefficient (Wildman–Crippen LogP) is 3.84. The van der Waals surface area contributed by atoms with Crippen molar-refractivity contribution in [1.82, 2.24) is 15.5 Å². The fraction of sp³-hybridized carbons (Fsp3) is 0.500. The van der Waals surface area contributed by atoms with E-state index in [2.05, 4.69) is 52.9 Å². The molecule has 1 aliphatic heterocycles. The first-order chi connectivity index (χ1) is 10.3. The van der Waals surface area contributed by atoms with Gasteiger partial charge in [-0.15, -0.1) is 11.8 Å². The molecule has 112 valence electrons. The van der Waals surface area contributed by atoms with Gasteiger partial charge in [-0.25, -0.2) is 0 Å². The lowest BCUT2D eigenvalue weighted by atomic mass is 9.92. The molecule has 1 atom stereocenters. The molecule has 1 aliphatic rings. The van der Waals surface area contributed by atoms with Crippen LogP contribution in [0.15, 0.2) is 33.7 Å². The minimum Gasteiger partial charge on any atom is -0.337 e. The fourth-order valence-corrected chi connectivity index (χ4v) is 3.42. The summed E-state index contributed by atoms with van der Waals surface area (Å²) in [5.41, 5.74) is 0.895. The van der Waals surface area contributed by atoms with E-state index in [0.29, 0.717) is 5.82 Å². The van der Waals surface area contributed by atoms with Gasteiger partial charge >= 0.3 is 0 Å². The van der Waals surface area contributed by atoms with Crippen LogP contribution in [0.1, 0.15) is 38.5 Å². The SMILES string of the molecule is CCCC1(c2nc(-c3ccc(SC)cc3)no2)CCCN1. The Kier molecular flexibility index (Phi) is 4.31. The molecule has 2 heterocycles. The second-order valence-electron chi connectivity index (χ2n) is 5.51. The van der Waals surface area contributed by atoms with Gasteiger partial charge in [0.2, 0.25) is 11.7 Å². The molecule has 0 radical (unpaired) electrons. The van der Waals surface area contributed by atoms with Crippen molar-refractivity contribution in [3.05, 3.63) is 30.2 Å². The van der Waals surface area contributed by atoms with Crippen LogP contribution >= 0.6 is 11.8 Å². The topological polar surface area (TPSA) is 51.0 Å². The summed E-state index contributed by atoms with van der Waals surface area (Å²) in [6.45, 7) is 3.22. The Morgan fingerprint density at radius 3 is 2.76 bits per heavy atom. The zero-order valence-corrected chi connectivity index (χ0v) is 13.4. The molecule has 0 amide bonds. The van der Waals surface area contributed by atoms with Gasteiger partial charge in [0.05, 0.1) is 5.54 Å². The van der Waals surface area contributed by atoms with Gasteiger partial charge in [-0.3, -0.25) is 0 Å². The van der Waals surface area contributed by atoms with Crippen LogP contribution in [0.3, 0.4) is 0 Å². The average Bonchev–Trinajstić information content (AvgIpc) is 3.17. The molecular weight excluding hydrogens is 282 g/mol. The maximum atomic E-state index is 5.59. The summed E-state index contributed by atoms with van der Waals surface area (Å²) in [7, 11) is 0. The molecule has 0 bridgehead atoms. The number of rotatable bonds is 5. The summed E-state index contributed by atoms with van der Waals surface area (Å²) in [4.78, 5) is 5.90. The lowest BCUT2D eigenvalue weighted by Crippen LogP contribution is -2.36. The van der Waals surface area contributed by atoms with Crippen LogP contribution in [0.2, 0.25) is 0 Å². The summed E-state index contributed by atoms with van der Waals surface area (Å²) in [6, 6.07) is 8.28.